The van der Waals surface area contributed by atoms with Gasteiger partial charge in [0.05, 0.1) is 11.5 Å². The molecular formula is C9H18O3. The van der Waals surface area contributed by atoms with Gasteiger partial charge in [0.1, 0.15) is 0 Å². The average molecular weight is 174 g/mol. The monoisotopic (exact) mass is 174 g/mol. The molecule has 0 bridgehead atoms. The van der Waals surface area contributed by atoms with Crippen molar-refractivity contribution in [2.24, 2.45) is 5.92 Å². The van der Waals surface area contributed by atoms with Crippen molar-refractivity contribution in [3.63, 3.8) is 0 Å². The lowest BCUT2D eigenvalue weighted by molar-refractivity contribution is -0.141. The van der Waals surface area contributed by atoms with Gasteiger partial charge in [-0.2, -0.15) is 0 Å². The number of aliphatic carboxylic acids is 1. The Morgan fingerprint density at radius 3 is 2.42 bits per heavy atom. The second-order valence-corrected chi connectivity index (χ2v) is 3.74. The van der Waals surface area contributed by atoms with E-state index >= 15 is 0 Å². The summed E-state index contributed by atoms with van der Waals surface area (Å²) < 4.78 is 5.17. The van der Waals surface area contributed by atoms with Gasteiger partial charge in [-0.25, -0.2) is 0 Å². The van der Waals surface area contributed by atoms with Crippen molar-refractivity contribution in [2.45, 2.75) is 39.2 Å². The lowest BCUT2D eigenvalue weighted by Gasteiger charge is -2.23. The first-order valence-electron chi connectivity index (χ1n) is 4.17. The zero-order valence-corrected chi connectivity index (χ0v) is 8.26. The van der Waals surface area contributed by atoms with Crippen molar-refractivity contribution in [1.82, 2.24) is 0 Å². The molecule has 72 valence electrons. The van der Waals surface area contributed by atoms with E-state index in [1.807, 2.05) is 13.8 Å². The lowest BCUT2D eigenvalue weighted by Crippen LogP contribution is -2.24. The smallest absolute Gasteiger partial charge is 0.306 e. The number of methoxy groups -OCH3 is 1. The predicted molar refractivity (Wildman–Crippen MR) is 47.1 cm³/mol. The molecule has 1 N–H and O–H groups in total. The first kappa shape index (κ1) is 11.4. The fourth-order valence-electron chi connectivity index (χ4n) is 0.790. The van der Waals surface area contributed by atoms with Crippen LogP contribution in [0.4, 0.5) is 0 Å². The second kappa shape index (κ2) is 4.45. The van der Waals surface area contributed by atoms with E-state index < -0.39 is 5.97 Å². The third-order valence-corrected chi connectivity index (χ3v) is 2.15. The van der Waals surface area contributed by atoms with E-state index in [-0.39, 0.29) is 11.5 Å². The van der Waals surface area contributed by atoms with Crippen molar-refractivity contribution in [1.29, 1.82) is 0 Å². The molecule has 0 saturated heterocycles. The Balaban J connectivity index is 3.75. The molecule has 0 saturated carbocycles. The van der Waals surface area contributed by atoms with Crippen LogP contribution < -0.4 is 0 Å². The highest BCUT2D eigenvalue weighted by Crippen LogP contribution is 2.18. The number of hydrogen-bond acceptors (Lipinski definition) is 2. The largest absolute Gasteiger partial charge is 0.481 e. The molecule has 0 aromatic heterocycles. The molecule has 3 heteroatoms. The molecule has 0 aromatic rings. The Morgan fingerprint density at radius 1 is 1.58 bits per heavy atom. The first-order valence-corrected chi connectivity index (χ1v) is 4.17. The number of carbonyl (C=O) groups is 1. The van der Waals surface area contributed by atoms with Crippen LogP contribution in [0.5, 0.6) is 0 Å². The molecule has 0 fully saturated rings. The standard InChI is InChI=1S/C9H18O3/c1-7(8(10)11)5-6-9(2,3)12-4/h7H,5-6H2,1-4H3,(H,10,11). The third-order valence-electron chi connectivity index (χ3n) is 2.15. The molecule has 0 radical (unpaired) electrons. The maximum atomic E-state index is 10.5. The van der Waals surface area contributed by atoms with Gasteiger partial charge in [-0.15, -0.1) is 0 Å². The van der Waals surface area contributed by atoms with Crippen molar-refractivity contribution < 1.29 is 14.6 Å². The molecule has 0 amide bonds. The molecule has 12 heavy (non-hydrogen) atoms. The Kier molecular flexibility index (Phi) is 4.24. The van der Waals surface area contributed by atoms with Gasteiger partial charge in [-0.05, 0) is 26.7 Å². The minimum Gasteiger partial charge on any atom is -0.481 e. The van der Waals surface area contributed by atoms with E-state index in [0.29, 0.717) is 6.42 Å². The number of hydrogen-bond donors (Lipinski definition) is 1. The summed E-state index contributed by atoms with van der Waals surface area (Å²) in [6.45, 7) is 5.64. The molecule has 0 rings (SSSR count). The minimum atomic E-state index is -0.734. The molecule has 3 nitrogen and oxygen atoms in total. The fraction of sp³-hybridized carbons (Fsp3) is 0.889. The predicted octanol–water partition coefficient (Wildman–Crippen LogP) is 1.91. The van der Waals surface area contributed by atoms with Crippen LogP contribution in [0.2, 0.25) is 0 Å². The molecule has 1 unspecified atom stereocenters. The minimum absolute atomic E-state index is 0.205. The van der Waals surface area contributed by atoms with Gasteiger partial charge in [-0.1, -0.05) is 6.92 Å². The third kappa shape index (κ3) is 4.34. The van der Waals surface area contributed by atoms with E-state index in [1.54, 1.807) is 14.0 Å². The van der Waals surface area contributed by atoms with Crippen molar-refractivity contribution in [3.05, 3.63) is 0 Å². The van der Waals surface area contributed by atoms with E-state index in [0.717, 1.165) is 6.42 Å². The molecule has 0 spiro atoms. The summed E-state index contributed by atoms with van der Waals surface area (Å²) in [6.07, 6.45) is 1.44. The summed E-state index contributed by atoms with van der Waals surface area (Å²) >= 11 is 0. The maximum Gasteiger partial charge on any atom is 0.306 e. The van der Waals surface area contributed by atoms with Crippen LogP contribution in [0, 0.1) is 5.92 Å². The van der Waals surface area contributed by atoms with Gasteiger partial charge >= 0.3 is 5.97 Å². The topological polar surface area (TPSA) is 46.5 Å². The van der Waals surface area contributed by atoms with E-state index in [1.165, 1.54) is 0 Å². The molecule has 0 aliphatic heterocycles. The SMILES string of the molecule is COC(C)(C)CCC(C)C(=O)O. The first-order chi connectivity index (χ1) is 5.39. The van der Waals surface area contributed by atoms with Crippen LogP contribution >= 0.6 is 0 Å². The van der Waals surface area contributed by atoms with Gasteiger partial charge in [-0.3, -0.25) is 4.79 Å². The molecule has 0 aliphatic rings. The summed E-state index contributed by atoms with van der Waals surface area (Å²) in [7, 11) is 1.64. The van der Waals surface area contributed by atoms with Crippen LogP contribution in [0.25, 0.3) is 0 Å². The van der Waals surface area contributed by atoms with E-state index in [9.17, 15) is 4.79 Å². The maximum absolute atomic E-state index is 10.5. The van der Waals surface area contributed by atoms with Crippen molar-refractivity contribution in [3.8, 4) is 0 Å². The highest BCUT2D eigenvalue weighted by atomic mass is 16.5. The molecule has 0 aromatic carbocycles. The quantitative estimate of drug-likeness (QED) is 0.692. The number of carboxylic acid groups (broad SMARTS) is 1. The normalized spacial score (nSPS) is 14.3. The Morgan fingerprint density at radius 2 is 2.08 bits per heavy atom. The van der Waals surface area contributed by atoms with Crippen LogP contribution in [-0.4, -0.2) is 23.8 Å². The summed E-state index contributed by atoms with van der Waals surface area (Å²) in [5.41, 5.74) is -0.205. The Bertz CT molecular complexity index is 152. The lowest BCUT2D eigenvalue weighted by atomic mass is 9.96. The fourth-order valence-corrected chi connectivity index (χ4v) is 0.790. The Labute approximate surface area is 73.7 Å². The van der Waals surface area contributed by atoms with E-state index in [4.69, 9.17) is 9.84 Å². The second-order valence-electron chi connectivity index (χ2n) is 3.74. The van der Waals surface area contributed by atoms with Crippen LogP contribution in [-0.2, 0) is 9.53 Å². The van der Waals surface area contributed by atoms with Crippen molar-refractivity contribution in [2.75, 3.05) is 7.11 Å². The summed E-state index contributed by atoms with van der Waals surface area (Å²) in [5, 5.41) is 8.61. The molecular weight excluding hydrogens is 156 g/mol. The van der Waals surface area contributed by atoms with Gasteiger partial charge in [0.2, 0.25) is 0 Å². The van der Waals surface area contributed by atoms with Gasteiger partial charge in [0.25, 0.3) is 0 Å². The summed E-state index contributed by atoms with van der Waals surface area (Å²) in [5.74, 6) is -1.01. The molecule has 1 atom stereocenters. The van der Waals surface area contributed by atoms with Crippen LogP contribution in [0.3, 0.4) is 0 Å². The number of rotatable bonds is 5. The highest BCUT2D eigenvalue weighted by Gasteiger charge is 2.19. The van der Waals surface area contributed by atoms with Gasteiger partial charge in [0, 0.05) is 7.11 Å². The van der Waals surface area contributed by atoms with Crippen molar-refractivity contribution >= 4 is 5.97 Å². The zero-order valence-electron chi connectivity index (χ0n) is 8.26. The zero-order chi connectivity index (χ0) is 9.78. The highest BCUT2D eigenvalue weighted by molar-refractivity contribution is 5.69. The molecule has 0 aliphatic carbocycles. The summed E-state index contributed by atoms with van der Waals surface area (Å²) in [6, 6.07) is 0. The van der Waals surface area contributed by atoms with Crippen LogP contribution in [0.1, 0.15) is 33.6 Å². The van der Waals surface area contributed by atoms with Gasteiger partial charge in [0.15, 0.2) is 0 Å². The number of carboxylic acids is 1. The van der Waals surface area contributed by atoms with E-state index in [2.05, 4.69) is 0 Å². The van der Waals surface area contributed by atoms with Crippen LogP contribution in [0.15, 0.2) is 0 Å². The number of ether oxygens (including phenoxy) is 1. The average Bonchev–Trinajstić information content (AvgIpc) is 2.00. The molecule has 0 heterocycles. The van der Waals surface area contributed by atoms with Gasteiger partial charge < -0.3 is 9.84 Å². The Hall–Kier alpha value is -0.570. The summed E-state index contributed by atoms with van der Waals surface area (Å²) in [4.78, 5) is 10.5.